The van der Waals surface area contributed by atoms with E-state index in [0.29, 0.717) is 0 Å². The highest BCUT2D eigenvalue weighted by molar-refractivity contribution is 5.85. The van der Waals surface area contributed by atoms with Crippen LogP contribution >= 0.6 is 0 Å². The number of nitrogens with two attached hydrogens (primary N) is 1. The Bertz CT molecular complexity index is 558. The molecule has 20 heavy (non-hydrogen) atoms. The van der Waals surface area contributed by atoms with Gasteiger partial charge in [-0.3, -0.25) is 10.1 Å². The lowest BCUT2D eigenvalue weighted by atomic mass is 9.90. The average molecular weight is 284 g/mol. The van der Waals surface area contributed by atoms with Gasteiger partial charge >= 0.3 is 6.18 Å². The van der Waals surface area contributed by atoms with Crippen molar-refractivity contribution in [3.63, 3.8) is 0 Å². The zero-order valence-electron chi connectivity index (χ0n) is 11.1. The number of alkyl halides is 3. The van der Waals surface area contributed by atoms with E-state index >= 15 is 0 Å². The van der Waals surface area contributed by atoms with Crippen LogP contribution in [0.3, 0.4) is 0 Å². The quantitative estimate of drug-likeness (QED) is 0.831. The van der Waals surface area contributed by atoms with Crippen LogP contribution in [-0.4, -0.2) is 12.5 Å². The van der Waals surface area contributed by atoms with E-state index in [1.54, 1.807) is 6.92 Å². The summed E-state index contributed by atoms with van der Waals surface area (Å²) in [7, 11) is 0. The summed E-state index contributed by atoms with van der Waals surface area (Å²) in [6.45, 7) is 3.20. The highest BCUT2D eigenvalue weighted by Gasteiger charge is 2.36. The van der Waals surface area contributed by atoms with E-state index in [4.69, 9.17) is 5.73 Å². The van der Waals surface area contributed by atoms with Gasteiger partial charge in [0.15, 0.2) is 0 Å². The minimum absolute atomic E-state index is 0.145. The summed E-state index contributed by atoms with van der Waals surface area (Å²) in [5.41, 5.74) is 3.22. The van der Waals surface area contributed by atoms with Crippen LogP contribution in [0.1, 0.15) is 25.0 Å². The van der Waals surface area contributed by atoms with Crippen LogP contribution in [0.4, 0.5) is 13.2 Å². The second kappa shape index (κ2) is 5.97. The van der Waals surface area contributed by atoms with Crippen molar-refractivity contribution in [3.8, 4) is 11.8 Å². The Kier molecular flexibility index (Phi) is 4.79. The molecule has 0 bridgehead atoms. The number of primary amides is 1. The molecule has 1 aromatic rings. The molecule has 0 aliphatic carbocycles. The number of carbonyl (C=O) groups is 1. The number of halogens is 3. The Morgan fingerprint density at radius 1 is 1.35 bits per heavy atom. The van der Waals surface area contributed by atoms with Gasteiger partial charge in [-0.2, -0.15) is 13.2 Å². The van der Waals surface area contributed by atoms with Gasteiger partial charge in [0.05, 0.1) is 12.1 Å². The van der Waals surface area contributed by atoms with Gasteiger partial charge in [0, 0.05) is 0 Å². The van der Waals surface area contributed by atoms with E-state index in [-0.39, 0.29) is 12.1 Å². The van der Waals surface area contributed by atoms with Crippen molar-refractivity contribution >= 4 is 5.91 Å². The standard InChI is InChI=1S/C14H15F3N2O/c1-3-4-8-19-13(2,12(18)20)10-6-5-7-11(9-10)14(15,16)17/h5-7,9,19H,8H2,1-2H3,(H2,18,20). The second-order valence-electron chi connectivity index (χ2n) is 4.35. The molecule has 0 radical (unpaired) electrons. The molecule has 1 atom stereocenters. The molecule has 0 saturated heterocycles. The first-order chi connectivity index (χ1) is 9.21. The maximum atomic E-state index is 12.7. The molecule has 108 valence electrons. The number of rotatable bonds is 4. The van der Waals surface area contributed by atoms with Gasteiger partial charge in [-0.05, 0) is 31.5 Å². The van der Waals surface area contributed by atoms with E-state index in [1.165, 1.54) is 19.1 Å². The van der Waals surface area contributed by atoms with Gasteiger partial charge < -0.3 is 5.73 Å². The number of nitrogens with one attached hydrogen (secondary N) is 1. The van der Waals surface area contributed by atoms with Crippen LogP contribution in [0.15, 0.2) is 24.3 Å². The molecular formula is C14H15F3N2O. The molecule has 1 rings (SSSR count). The van der Waals surface area contributed by atoms with Crippen LogP contribution < -0.4 is 11.1 Å². The monoisotopic (exact) mass is 284 g/mol. The lowest BCUT2D eigenvalue weighted by Crippen LogP contribution is -2.50. The first kappa shape index (κ1) is 16.1. The van der Waals surface area contributed by atoms with Gasteiger partial charge in [-0.1, -0.05) is 18.1 Å². The Labute approximate surface area is 115 Å². The highest BCUT2D eigenvalue weighted by atomic mass is 19.4. The number of benzene rings is 1. The SMILES string of the molecule is CC#CCNC(C)(C(N)=O)c1cccc(C(F)(F)F)c1. The zero-order chi connectivity index (χ0) is 15.4. The molecule has 0 saturated carbocycles. The smallest absolute Gasteiger partial charge is 0.368 e. The first-order valence-electron chi connectivity index (χ1n) is 5.84. The van der Waals surface area contributed by atoms with Crippen molar-refractivity contribution in [1.29, 1.82) is 0 Å². The molecule has 6 heteroatoms. The molecule has 1 aromatic carbocycles. The van der Waals surface area contributed by atoms with Crippen molar-refractivity contribution in [2.75, 3.05) is 6.54 Å². The van der Waals surface area contributed by atoms with Crippen molar-refractivity contribution < 1.29 is 18.0 Å². The Morgan fingerprint density at radius 2 is 1.95 bits per heavy atom. The minimum atomic E-state index is -4.47. The predicted molar refractivity (Wildman–Crippen MR) is 69.4 cm³/mol. The minimum Gasteiger partial charge on any atom is -0.368 e. The summed E-state index contributed by atoms with van der Waals surface area (Å²) in [5.74, 6) is 4.54. The molecule has 0 aliphatic heterocycles. The van der Waals surface area contributed by atoms with Crippen molar-refractivity contribution in [2.45, 2.75) is 25.6 Å². The fraction of sp³-hybridized carbons (Fsp3) is 0.357. The lowest BCUT2D eigenvalue weighted by molar-refractivity contribution is -0.138. The Morgan fingerprint density at radius 3 is 2.45 bits per heavy atom. The summed E-state index contributed by atoms with van der Waals surface area (Å²) in [4.78, 5) is 11.6. The van der Waals surface area contributed by atoms with Gasteiger partial charge in [0.2, 0.25) is 5.91 Å². The third-order valence-corrected chi connectivity index (χ3v) is 2.97. The van der Waals surface area contributed by atoms with Crippen molar-refractivity contribution in [2.24, 2.45) is 5.73 Å². The topological polar surface area (TPSA) is 55.1 Å². The van der Waals surface area contributed by atoms with Gasteiger partial charge in [0.25, 0.3) is 0 Å². The third-order valence-electron chi connectivity index (χ3n) is 2.97. The number of hydrogen-bond donors (Lipinski definition) is 2. The molecular weight excluding hydrogens is 269 g/mol. The fourth-order valence-electron chi connectivity index (χ4n) is 1.65. The van der Waals surface area contributed by atoms with Crippen LogP contribution in [0, 0.1) is 11.8 Å². The molecule has 0 heterocycles. The molecule has 3 nitrogen and oxygen atoms in total. The van der Waals surface area contributed by atoms with E-state index in [9.17, 15) is 18.0 Å². The number of hydrogen-bond acceptors (Lipinski definition) is 2. The number of amides is 1. The molecule has 0 aliphatic rings. The van der Waals surface area contributed by atoms with E-state index < -0.39 is 23.2 Å². The summed E-state index contributed by atoms with van der Waals surface area (Å²) in [5, 5.41) is 2.78. The first-order valence-corrected chi connectivity index (χ1v) is 5.84. The van der Waals surface area contributed by atoms with Gasteiger partial charge in [-0.15, -0.1) is 5.92 Å². The Balaban J connectivity index is 3.21. The van der Waals surface area contributed by atoms with E-state index in [2.05, 4.69) is 17.2 Å². The normalized spacial score (nSPS) is 14.1. The van der Waals surface area contributed by atoms with Gasteiger partial charge in [0.1, 0.15) is 5.54 Å². The maximum absolute atomic E-state index is 12.7. The van der Waals surface area contributed by atoms with Crippen molar-refractivity contribution in [3.05, 3.63) is 35.4 Å². The molecule has 1 unspecified atom stereocenters. The van der Waals surface area contributed by atoms with E-state index in [1.807, 2.05) is 0 Å². The lowest BCUT2D eigenvalue weighted by Gasteiger charge is -2.27. The van der Waals surface area contributed by atoms with Crippen LogP contribution in [0.2, 0.25) is 0 Å². The van der Waals surface area contributed by atoms with Gasteiger partial charge in [-0.25, -0.2) is 0 Å². The van der Waals surface area contributed by atoms with Crippen molar-refractivity contribution in [1.82, 2.24) is 5.32 Å². The summed E-state index contributed by atoms with van der Waals surface area (Å²) >= 11 is 0. The molecule has 0 aromatic heterocycles. The number of carbonyl (C=O) groups excluding carboxylic acids is 1. The Hall–Kier alpha value is -2.00. The molecule has 0 spiro atoms. The highest BCUT2D eigenvalue weighted by Crippen LogP contribution is 2.32. The second-order valence-corrected chi connectivity index (χ2v) is 4.35. The molecule has 3 N–H and O–H groups in total. The average Bonchev–Trinajstić information content (AvgIpc) is 2.37. The van der Waals surface area contributed by atoms with E-state index in [0.717, 1.165) is 12.1 Å². The maximum Gasteiger partial charge on any atom is 0.416 e. The third kappa shape index (κ3) is 3.52. The summed E-state index contributed by atoms with van der Waals surface area (Å²) < 4.78 is 38.1. The molecule has 0 fully saturated rings. The predicted octanol–water partition coefficient (Wildman–Crippen LogP) is 2.02. The van der Waals surface area contributed by atoms with Crippen LogP contribution in [-0.2, 0) is 16.5 Å². The van der Waals surface area contributed by atoms with Crippen LogP contribution in [0.5, 0.6) is 0 Å². The van der Waals surface area contributed by atoms with Crippen LogP contribution in [0.25, 0.3) is 0 Å². The zero-order valence-corrected chi connectivity index (χ0v) is 11.1. The summed E-state index contributed by atoms with van der Waals surface area (Å²) in [6, 6.07) is 4.52. The molecule has 1 amide bonds. The summed E-state index contributed by atoms with van der Waals surface area (Å²) in [6.07, 6.45) is -4.47. The fourth-order valence-corrected chi connectivity index (χ4v) is 1.65. The largest absolute Gasteiger partial charge is 0.416 e.